The van der Waals surface area contributed by atoms with Crippen LogP contribution in [0.5, 0.6) is 0 Å². The summed E-state index contributed by atoms with van der Waals surface area (Å²) < 4.78 is 0. The van der Waals surface area contributed by atoms with Crippen molar-refractivity contribution in [3.05, 3.63) is 58.7 Å². The summed E-state index contributed by atoms with van der Waals surface area (Å²) in [6.45, 7) is 37.5. The average molecular weight is 489 g/mol. The molecule has 36 heavy (non-hydrogen) atoms. The zero-order valence-electron chi connectivity index (χ0n) is 26.7. The first-order valence-corrected chi connectivity index (χ1v) is 14.0. The Bertz CT molecular complexity index is 960. The van der Waals surface area contributed by atoms with Gasteiger partial charge in [-0.15, -0.1) is 0 Å². The maximum absolute atomic E-state index is 3.85. The summed E-state index contributed by atoms with van der Waals surface area (Å²) in [6, 6.07) is 17.3. The van der Waals surface area contributed by atoms with Crippen molar-refractivity contribution in [3.8, 4) is 11.1 Å². The quantitative estimate of drug-likeness (QED) is 0.392. The molecule has 0 saturated heterocycles. The maximum Gasteiger partial charge on any atom is -0.00583 e. The molecule has 0 N–H and O–H groups in total. The molecule has 2 radical (unpaired) electrons. The fraction of sp³-hybridized carbons (Fsp3) is 0.667. The highest BCUT2D eigenvalue weighted by Crippen LogP contribution is 2.42. The van der Waals surface area contributed by atoms with Gasteiger partial charge in [0.25, 0.3) is 0 Å². The molecule has 0 heteroatoms. The minimum Gasteiger partial charge on any atom is -0.0601 e. The van der Waals surface area contributed by atoms with E-state index >= 15 is 0 Å². The summed E-state index contributed by atoms with van der Waals surface area (Å²) in [4.78, 5) is 0. The number of benzene rings is 2. The summed E-state index contributed by atoms with van der Waals surface area (Å²) >= 11 is 0. The fourth-order valence-electron chi connectivity index (χ4n) is 5.88. The minimum atomic E-state index is 0.0263. The van der Waals surface area contributed by atoms with Gasteiger partial charge in [-0.3, -0.25) is 0 Å². The van der Waals surface area contributed by atoms with Gasteiger partial charge in [0.2, 0.25) is 0 Å². The molecule has 0 heterocycles. The summed E-state index contributed by atoms with van der Waals surface area (Å²) in [5.41, 5.74) is 8.43. The molecular formula is C36H56. The van der Waals surface area contributed by atoms with Crippen LogP contribution < -0.4 is 0 Å². The molecule has 0 aliphatic rings. The summed E-state index contributed by atoms with van der Waals surface area (Å²) in [5, 5.41) is 0. The van der Waals surface area contributed by atoms with Crippen molar-refractivity contribution in [1.82, 2.24) is 0 Å². The van der Waals surface area contributed by atoms with E-state index in [1.165, 1.54) is 33.4 Å². The maximum atomic E-state index is 3.85. The van der Waals surface area contributed by atoms with Crippen LogP contribution in [0.3, 0.4) is 0 Å². The lowest BCUT2D eigenvalue weighted by molar-refractivity contribution is 0.283. The highest BCUT2D eigenvalue weighted by molar-refractivity contribution is 5.67. The van der Waals surface area contributed by atoms with E-state index in [0.29, 0.717) is 0 Å². The van der Waals surface area contributed by atoms with Crippen molar-refractivity contribution in [2.24, 2.45) is 10.8 Å². The molecule has 0 nitrogen and oxygen atoms in total. The highest BCUT2D eigenvalue weighted by atomic mass is 14.4. The molecular weight excluding hydrogens is 432 g/mol. The molecule has 0 bridgehead atoms. The van der Waals surface area contributed by atoms with Gasteiger partial charge in [0.15, 0.2) is 0 Å². The van der Waals surface area contributed by atoms with Crippen molar-refractivity contribution in [2.75, 3.05) is 0 Å². The SMILES string of the molecule is CC(C)(C)CC(C)(C)c1cc(-c2[c]c(C(C)(C)C)cc(C(C)(C)CC(C)(C)C)c2)[c]c(C(C)(C)C)c1. The fourth-order valence-corrected chi connectivity index (χ4v) is 5.88. The van der Waals surface area contributed by atoms with Crippen LogP contribution in [0, 0.1) is 23.0 Å². The first-order chi connectivity index (χ1) is 15.8. The molecule has 2 aromatic carbocycles. The zero-order chi connectivity index (χ0) is 28.1. The Hall–Kier alpha value is -1.56. The van der Waals surface area contributed by atoms with E-state index in [-0.39, 0.29) is 32.5 Å². The standard InChI is InChI=1S/C36H56/c1-31(2,3)23-35(13,14)29-19-25(17-27(21-29)33(7,8)9)26-18-28(34(10,11)12)22-30(20-26)36(15,16)24-32(4,5)6/h19-22H,23-24H2,1-16H3. The van der Waals surface area contributed by atoms with Gasteiger partial charge in [-0.05, 0) is 103 Å². The molecule has 2 aromatic rings. The van der Waals surface area contributed by atoms with E-state index in [0.717, 1.165) is 12.8 Å². The van der Waals surface area contributed by atoms with Crippen LogP contribution in [0.25, 0.3) is 11.1 Å². The lowest BCUT2D eigenvalue weighted by Crippen LogP contribution is -2.26. The lowest BCUT2D eigenvalue weighted by Gasteiger charge is -2.35. The number of rotatable bonds is 5. The molecule has 0 aliphatic carbocycles. The van der Waals surface area contributed by atoms with Crippen LogP contribution >= 0.6 is 0 Å². The van der Waals surface area contributed by atoms with Crippen molar-refractivity contribution in [3.63, 3.8) is 0 Å². The van der Waals surface area contributed by atoms with Crippen LogP contribution in [0.2, 0.25) is 0 Å². The van der Waals surface area contributed by atoms with Gasteiger partial charge in [0.05, 0.1) is 0 Å². The molecule has 0 aliphatic heterocycles. The van der Waals surface area contributed by atoms with Crippen LogP contribution in [0.15, 0.2) is 24.3 Å². The van der Waals surface area contributed by atoms with Crippen molar-refractivity contribution < 1.29 is 0 Å². The molecule has 0 aromatic heterocycles. The smallest absolute Gasteiger partial charge is 0.00583 e. The second kappa shape index (κ2) is 9.63. The third-order valence-corrected chi connectivity index (χ3v) is 7.15. The van der Waals surface area contributed by atoms with Crippen LogP contribution in [-0.2, 0) is 21.7 Å². The van der Waals surface area contributed by atoms with Crippen molar-refractivity contribution >= 4 is 0 Å². The first kappa shape index (κ1) is 30.7. The summed E-state index contributed by atoms with van der Waals surface area (Å²) in [5.74, 6) is 0. The lowest BCUT2D eigenvalue weighted by atomic mass is 9.69. The molecule has 0 fully saturated rings. The molecule has 0 unspecified atom stereocenters. The second-order valence-electron chi connectivity index (χ2n) is 17.1. The Morgan fingerprint density at radius 2 is 0.722 bits per heavy atom. The van der Waals surface area contributed by atoms with Gasteiger partial charge in [-0.2, -0.15) is 0 Å². The highest BCUT2D eigenvalue weighted by Gasteiger charge is 2.31. The molecule has 0 amide bonds. The van der Waals surface area contributed by atoms with E-state index in [2.05, 4.69) is 147 Å². The van der Waals surface area contributed by atoms with Crippen LogP contribution in [-0.4, -0.2) is 0 Å². The van der Waals surface area contributed by atoms with Gasteiger partial charge in [-0.25, -0.2) is 0 Å². The third kappa shape index (κ3) is 8.22. The largest absolute Gasteiger partial charge is 0.0601 e. The van der Waals surface area contributed by atoms with E-state index in [4.69, 9.17) is 0 Å². The molecule has 200 valence electrons. The summed E-state index contributed by atoms with van der Waals surface area (Å²) in [6.07, 6.45) is 2.26. The first-order valence-electron chi connectivity index (χ1n) is 14.0. The molecule has 2 rings (SSSR count). The van der Waals surface area contributed by atoms with Gasteiger partial charge < -0.3 is 0 Å². The van der Waals surface area contributed by atoms with E-state index < -0.39 is 0 Å². The Balaban J connectivity index is 2.85. The van der Waals surface area contributed by atoms with Crippen molar-refractivity contribution in [1.29, 1.82) is 0 Å². The van der Waals surface area contributed by atoms with Crippen molar-refractivity contribution in [2.45, 2.75) is 145 Å². The molecule has 0 atom stereocenters. The second-order valence-corrected chi connectivity index (χ2v) is 17.1. The van der Waals surface area contributed by atoms with Gasteiger partial charge >= 0.3 is 0 Å². The Labute approximate surface area is 225 Å². The Morgan fingerprint density at radius 3 is 0.944 bits per heavy atom. The van der Waals surface area contributed by atoms with E-state index in [1.54, 1.807) is 0 Å². The van der Waals surface area contributed by atoms with Crippen LogP contribution in [0.4, 0.5) is 0 Å². The number of hydrogen-bond acceptors (Lipinski definition) is 0. The Morgan fingerprint density at radius 1 is 0.444 bits per heavy atom. The third-order valence-electron chi connectivity index (χ3n) is 7.15. The molecule has 0 spiro atoms. The van der Waals surface area contributed by atoms with E-state index in [1.807, 2.05) is 0 Å². The molecule has 0 saturated carbocycles. The average Bonchev–Trinajstić information content (AvgIpc) is 2.62. The normalized spacial score (nSPS) is 14.3. The topological polar surface area (TPSA) is 0 Å². The predicted octanol–water partition coefficient (Wildman–Crippen LogP) is 11.0. The zero-order valence-corrected chi connectivity index (χ0v) is 26.7. The Kier molecular flexibility index (Phi) is 8.21. The minimum absolute atomic E-state index is 0.0263. The van der Waals surface area contributed by atoms with Gasteiger partial charge in [0.1, 0.15) is 0 Å². The van der Waals surface area contributed by atoms with Crippen LogP contribution in [0.1, 0.15) is 146 Å². The van der Waals surface area contributed by atoms with E-state index in [9.17, 15) is 0 Å². The summed E-state index contributed by atoms with van der Waals surface area (Å²) in [7, 11) is 0. The van der Waals surface area contributed by atoms with Gasteiger partial charge in [-0.1, -0.05) is 123 Å². The monoisotopic (exact) mass is 488 g/mol. The number of hydrogen-bond donors (Lipinski definition) is 0. The predicted molar refractivity (Wildman–Crippen MR) is 161 cm³/mol. The van der Waals surface area contributed by atoms with Gasteiger partial charge in [0, 0.05) is 0 Å².